The van der Waals surface area contributed by atoms with E-state index in [1.54, 1.807) is 22.8 Å². The maximum atomic E-state index is 11.1. The summed E-state index contributed by atoms with van der Waals surface area (Å²) < 4.78 is 1.74. The lowest BCUT2D eigenvalue weighted by atomic mass is 10.5. The SMILES string of the molecule is CC(=O)N(C)Cn1cnc2c(Cl)ncnc21. The molecule has 0 aliphatic carbocycles. The van der Waals surface area contributed by atoms with Crippen molar-refractivity contribution in [3.05, 3.63) is 17.8 Å². The van der Waals surface area contributed by atoms with E-state index in [9.17, 15) is 4.79 Å². The molecule has 0 saturated heterocycles. The van der Waals surface area contributed by atoms with Gasteiger partial charge >= 0.3 is 0 Å². The van der Waals surface area contributed by atoms with Crippen LogP contribution in [0.3, 0.4) is 0 Å². The Kier molecular flexibility index (Phi) is 2.74. The number of carbonyl (C=O) groups excluding carboxylic acids is 1. The van der Waals surface area contributed by atoms with E-state index >= 15 is 0 Å². The number of halogens is 1. The largest absolute Gasteiger partial charge is 0.328 e. The van der Waals surface area contributed by atoms with Gasteiger partial charge in [0.15, 0.2) is 10.8 Å². The summed E-state index contributed by atoms with van der Waals surface area (Å²) in [4.78, 5) is 24.7. The van der Waals surface area contributed by atoms with Gasteiger partial charge in [-0.25, -0.2) is 15.0 Å². The summed E-state index contributed by atoms with van der Waals surface area (Å²) in [6, 6.07) is 0. The molecule has 0 fully saturated rings. The van der Waals surface area contributed by atoms with Gasteiger partial charge in [-0.15, -0.1) is 0 Å². The summed E-state index contributed by atoms with van der Waals surface area (Å²) in [5.41, 5.74) is 1.16. The molecule has 2 heterocycles. The molecular formula is C9H10ClN5O. The highest BCUT2D eigenvalue weighted by atomic mass is 35.5. The van der Waals surface area contributed by atoms with Gasteiger partial charge in [-0.1, -0.05) is 11.6 Å². The maximum absolute atomic E-state index is 11.1. The van der Waals surface area contributed by atoms with E-state index in [0.717, 1.165) is 0 Å². The number of imidazole rings is 1. The van der Waals surface area contributed by atoms with Crippen LogP contribution in [0.4, 0.5) is 0 Å². The van der Waals surface area contributed by atoms with Crippen molar-refractivity contribution in [1.29, 1.82) is 0 Å². The molecule has 0 aliphatic rings. The average Bonchev–Trinajstić information content (AvgIpc) is 2.63. The molecule has 2 aromatic heterocycles. The number of carbonyl (C=O) groups is 1. The molecule has 0 N–H and O–H groups in total. The zero-order valence-corrected chi connectivity index (χ0v) is 9.64. The number of hydrogen-bond acceptors (Lipinski definition) is 4. The molecule has 84 valence electrons. The van der Waals surface area contributed by atoms with Crippen LogP contribution >= 0.6 is 11.6 Å². The van der Waals surface area contributed by atoms with Crippen LogP contribution in [0.2, 0.25) is 5.15 Å². The fourth-order valence-corrected chi connectivity index (χ4v) is 1.46. The standard InChI is InChI=1S/C9H10ClN5O/c1-6(16)14(2)5-15-4-13-7-8(10)11-3-12-9(7)15/h3-4H,5H2,1-2H3. The van der Waals surface area contributed by atoms with E-state index < -0.39 is 0 Å². The third-order valence-electron chi connectivity index (χ3n) is 2.26. The van der Waals surface area contributed by atoms with E-state index in [-0.39, 0.29) is 5.91 Å². The van der Waals surface area contributed by atoms with Gasteiger partial charge < -0.3 is 4.90 Å². The van der Waals surface area contributed by atoms with Gasteiger partial charge in [0.25, 0.3) is 0 Å². The maximum Gasteiger partial charge on any atom is 0.220 e. The Labute approximate surface area is 96.9 Å². The fraction of sp³-hybridized carbons (Fsp3) is 0.333. The van der Waals surface area contributed by atoms with Crippen LogP contribution in [0.15, 0.2) is 12.7 Å². The molecule has 0 radical (unpaired) electrons. The Hall–Kier alpha value is -1.69. The fourth-order valence-electron chi connectivity index (χ4n) is 1.28. The van der Waals surface area contributed by atoms with Crippen molar-refractivity contribution >= 4 is 28.7 Å². The van der Waals surface area contributed by atoms with Gasteiger partial charge in [0.2, 0.25) is 5.91 Å². The minimum Gasteiger partial charge on any atom is -0.328 e. The minimum atomic E-state index is -0.0259. The molecule has 6 nitrogen and oxygen atoms in total. The molecule has 0 spiro atoms. The van der Waals surface area contributed by atoms with Crippen LogP contribution in [0.5, 0.6) is 0 Å². The summed E-state index contributed by atoms with van der Waals surface area (Å²) >= 11 is 5.86. The zero-order valence-electron chi connectivity index (χ0n) is 8.88. The Bertz CT molecular complexity index is 538. The highest BCUT2D eigenvalue weighted by Crippen LogP contribution is 2.16. The third-order valence-corrected chi connectivity index (χ3v) is 2.54. The highest BCUT2D eigenvalue weighted by molar-refractivity contribution is 6.33. The van der Waals surface area contributed by atoms with Crippen LogP contribution in [0.1, 0.15) is 6.92 Å². The molecule has 0 bridgehead atoms. The van der Waals surface area contributed by atoms with Crippen molar-refractivity contribution in [3.8, 4) is 0 Å². The van der Waals surface area contributed by atoms with Gasteiger partial charge in [0.05, 0.1) is 13.0 Å². The number of amides is 1. The summed E-state index contributed by atoms with van der Waals surface area (Å²) in [5.74, 6) is -0.0259. The Morgan fingerprint density at radius 3 is 2.94 bits per heavy atom. The van der Waals surface area contributed by atoms with Crippen LogP contribution in [0, 0.1) is 0 Å². The molecular weight excluding hydrogens is 230 g/mol. The third kappa shape index (κ3) is 1.83. The quantitative estimate of drug-likeness (QED) is 0.731. The van der Waals surface area contributed by atoms with Crippen molar-refractivity contribution < 1.29 is 4.79 Å². The number of rotatable bonds is 2. The lowest BCUT2D eigenvalue weighted by Gasteiger charge is -2.15. The summed E-state index contributed by atoms with van der Waals surface area (Å²) in [7, 11) is 1.71. The molecule has 0 saturated carbocycles. The topological polar surface area (TPSA) is 63.9 Å². The monoisotopic (exact) mass is 239 g/mol. The molecule has 0 unspecified atom stereocenters. The van der Waals surface area contributed by atoms with Gasteiger partial charge in [-0.3, -0.25) is 9.36 Å². The van der Waals surface area contributed by atoms with E-state index in [1.165, 1.54) is 13.3 Å². The smallest absolute Gasteiger partial charge is 0.220 e. The molecule has 2 rings (SSSR count). The van der Waals surface area contributed by atoms with Gasteiger partial charge in [-0.2, -0.15) is 0 Å². The van der Waals surface area contributed by atoms with Crippen LogP contribution in [-0.2, 0) is 11.5 Å². The molecule has 2 aromatic rings. The number of aromatic nitrogens is 4. The second-order valence-electron chi connectivity index (χ2n) is 3.41. The predicted molar refractivity (Wildman–Crippen MR) is 58.8 cm³/mol. The molecule has 1 amide bonds. The first-order chi connectivity index (χ1) is 7.59. The Morgan fingerprint density at radius 2 is 2.25 bits per heavy atom. The van der Waals surface area contributed by atoms with E-state index in [0.29, 0.717) is 23.0 Å². The van der Waals surface area contributed by atoms with Crippen molar-refractivity contribution in [2.45, 2.75) is 13.6 Å². The Morgan fingerprint density at radius 1 is 1.50 bits per heavy atom. The number of hydrogen-bond donors (Lipinski definition) is 0. The van der Waals surface area contributed by atoms with Crippen LogP contribution < -0.4 is 0 Å². The van der Waals surface area contributed by atoms with Crippen molar-refractivity contribution in [1.82, 2.24) is 24.4 Å². The normalized spacial score (nSPS) is 10.7. The molecule has 0 aromatic carbocycles. The van der Waals surface area contributed by atoms with Gasteiger partial charge in [-0.05, 0) is 0 Å². The first-order valence-corrected chi connectivity index (χ1v) is 5.00. The van der Waals surface area contributed by atoms with Crippen molar-refractivity contribution in [3.63, 3.8) is 0 Å². The molecule has 0 aliphatic heterocycles. The van der Waals surface area contributed by atoms with Crippen molar-refractivity contribution in [2.75, 3.05) is 7.05 Å². The van der Waals surface area contributed by atoms with Gasteiger partial charge in [0.1, 0.15) is 11.8 Å². The second-order valence-corrected chi connectivity index (χ2v) is 3.77. The lowest BCUT2D eigenvalue weighted by Crippen LogP contribution is -2.26. The predicted octanol–water partition coefficient (Wildman–Crippen LogP) is 0.915. The second kappa shape index (κ2) is 4.05. The lowest BCUT2D eigenvalue weighted by molar-refractivity contribution is -0.128. The molecule has 7 heteroatoms. The summed E-state index contributed by atoms with van der Waals surface area (Å²) in [5, 5.41) is 0.314. The van der Waals surface area contributed by atoms with E-state index in [1.807, 2.05) is 0 Å². The van der Waals surface area contributed by atoms with Crippen molar-refractivity contribution in [2.24, 2.45) is 0 Å². The molecule has 0 atom stereocenters. The summed E-state index contributed by atoms with van der Waals surface area (Å²) in [6.45, 7) is 1.89. The van der Waals surface area contributed by atoms with Crippen LogP contribution in [0.25, 0.3) is 11.2 Å². The number of fused-ring (bicyclic) bond motifs is 1. The highest BCUT2D eigenvalue weighted by Gasteiger charge is 2.10. The summed E-state index contributed by atoms with van der Waals surface area (Å²) in [6.07, 6.45) is 2.96. The minimum absolute atomic E-state index is 0.0259. The average molecular weight is 240 g/mol. The zero-order chi connectivity index (χ0) is 11.7. The van der Waals surface area contributed by atoms with E-state index in [2.05, 4.69) is 15.0 Å². The first kappa shape index (κ1) is 10.8. The van der Waals surface area contributed by atoms with Crippen LogP contribution in [-0.4, -0.2) is 37.4 Å². The number of nitrogens with zero attached hydrogens (tertiary/aromatic N) is 5. The Balaban J connectivity index is 2.39. The first-order valence-electron chi connectivity index (χ1n) is 4.62. The molecule has 16 heavy (non-hydrogen) atoms. The van der Waals surface area contributed by atoms with E-state index in [4.69, 9.17) is 11.6 Å². The van der Waals surface area contributed by atoms with Gasteiger partial charge in [0, 0.05) is 14.0 Å².